The number of hydrogen-bond acceptors (Lipinski definition) is 2. The molecule has 19 heavy (non-hydrogen) atoms. The summed E-state index contributed by atoms with van der Waals surface area (Å²) in [7, 11) is 0. The van der Waals surface area contributed by atoms with Crippen LogP contribution in [0, 0.1) is 17.5 Å². The summed E-state index contributed by atoms with van der Waals surface area (Å²) in [4.78, 5) is 11.9. The maximum Gasteiger partial charge on any atom is 0.254 e. The second-order valence-electron chi connectivity index (χ2n) is 4.69. The number of carbonyl (C=O) groups is 1. The number of halogens is 3. The molecule has 2 atom stereocenters. The molecule has 2 N–H and O–H groups in total. The van der Waals surface area contributed by atoms with Gasteiger partial charge in [0.05, 0.1) is 5.56 Å². The van der Waals surface area contributed by atoms with E-state index in [4.69, 9.17) is 0 Å². The molecular formula is C13H15F3N2O. The Morgan fingerprint density at radius 2 is 2.05 bits per heavy atom. The molecule has 1 aromatic rings. The minimum absolute atomic E-state index is 0.0612. The van der Waals surface area contributed by atoms with Gasteiger partial charge < -0.3 is 10.6 Å². The summed E-state index contributed by atoms with van der Waals surface area (Å²) in [5, 5.41) is 5.82. The van der Waals surface area contributed by atoms with Gasteiger partial charge in [0.1, 0.15) is 0 Å². The lowest BCUT2D eigenvalue weighted by atomic mass is 9.99. The van der Waals surface area contributed by atoms with Gasteiger partial charge in [-0.3, -0.25) is 4.79 Å². The lowest BCUT2D eigenvalue weighted by molar-refractivity contribution is 0.0914. The third-order valence-corrected chi connectivity index (χ3v) is 3.36. The SMILES string of the molecule is C[C@@H]1NCCC[C@H]1NC(=O)c1ccc(F)c(F)c1F. The molecule has 0 unspecified atom stereocenters. The zero-order chi connectivity index (χ0) is 14.0. The molecule has 1 aliphatic heterocycles. The van der Waals surface area contributed by atoms with Crippen LogP contribution >= 0.6 is 0 Å². The number of benzene rings is 1. The molecule has 0 spiro atoms. The molecule has 0 aromatic heterocycles. The van der Waals surface area contributed by atoms with E-state index < -0.39 is 28.9 Å². The first kappa shape index (κ1) is 13.9. The molecule has 0 saturated carbocycles. The molecule has 0 aliphatic carbocycles. The highest BCUT2D eigenvalue weighted by Gasteiger charge is 2.25. The van der Waals surface area contributed by atoms with Crippen LogP contribution in [0.3, 0.4) is 0 Å². The molecule has 6 heteroatoms. The van der Waals surface area contributed by atoms with Crippen molar-refractivity contribution in [3.8, 4) is 0 Å². The highest BCUT2D eigenvalue weighted by Crippen LogP contribution is 2.16. The standard InChI is InChI=1S/C13H15F3N2O/c1-7-10(3-2-6-17-7)18-13(19)8-4-5-9(14)12(16)11(8)15/h4-5,7,10,17H,2-3,6H2,1H3,(H,18,19)/t7-,10+/m0/s1. The van der Waals surface area contributed by atoms with Gasteiger partial charge >= 0.3 is 0 Å². The van der Waals surface area contributed by atoms with E-state index in [1.807, 2.05) is 6.92 Å². The summed E-state index contributed by atoms with van der Waals surface area (Å²) in [6.45, 7) is 2.78. The van der Waals surface area contributed by atoms with E-state index in [-0.39, 0.29) is 12.1 Å². The Hall–Kier alpha value is -1.56. The fourth-order valence-electron chi connectivity index (χ4n) is 2.19. The van der Waals surface area contributed by atoms with E-state index >= 15 is 0 Å². The lowest BCUT2D eigenvalue weighted by Gasteiger charge is -2.30. The summed E-state index contributed by atoms with van der Waals surface area (Å²) in [6.07, 6.45) is 1.67. The highest BCUT2D eigenvalue weighted by atomic mass is 19.2. The molecule has 2 rings (SSSR count). The molecule has 104 valence electrons. The van der Waals surface area contributed by atoms with Crippen LogP contribution < -0.4 is 10.6 Å². The molecule has 0 radical (unpaired) electrons. The lowest BCUT2D eigenvalue weighted by Crippen LogP contribution is -2.52. The van der Waals surface area contributed by atoms with Crippen LogP contribution in [0.4, 0.5) is 13.2 Å². The van der Waals surface area contributed by atoms with E-state index in [0.29, 0.717) is 0 Å². The van der Waals surface area contributed by atoms with Gasteiger partial charge in [0, 0.05) is 12.1 Å². The Kier molecular flexibility index (Phi) is 4.09. The third kappa shape index (κ3) is 2.89. The van der Waals surface area contributed by atoms with Gasteiger partial charge in [0.15, 0.2) is 17.5 Å². The van der Waals surface area contributed by atoms with E-state index in [9.17, 15) is 18.0 Å². The van der Waals surface area contributed by atoms with Crippen LogP contribution in [0.15, 0.2) is 12.1 Å². The molecule has 1 saturated heterocycles. The number of piperidine rings is 1. The number of nitrogens with one attached hydrogen (secondary N) is 2. The van der Waals surface area contributed by atoms with Crippen LogP contribution in [0.25, 0.3) is 0 Å². The van der Waals surface area contributed by atoms with Crippen molar-refractivity contribution >= 4 is 5.91 Å². The first-order valence-electron chi connectivity index (χ1n) is 6.18. The largest absolute Gasteiger partial charge is 0.348 e. The van der Waals surface area contributed by atoms with Crippen LogP contribution in [-0.2, 0) is 0 Å². The van der Waals surface area contributed by atoms with Gasteiger partial charge in [-0.05, 0) is 38.4 Å². The van der Waals surface area contributed by atoms with Crippen molar-refractivity contribution in [2.75, 3.05) is 6.54 Å². The molecule has 1 aliphatic rings. The van der Waals surface area contributed by atoms with Gasteiger partial charge in [-0.25, -0.2) is 13.2 Å². The van der Waals surface area contributed by atoms with Gasteiger partial charge in [-0.2, -0.15) is 0 Å². The minimum atomic E-state index is -1.62. The van der Waals surface area contributed by atoms with E-state index in [0.717, 1.165) is 31.5 Å². The first-order chi connectivity index (χ1) is 9.00. The summed E-state index contributed by atoms with van der Waals surface area (Å²) in [5.41, 5.74) is -0.475. The van der Waals surface area contributed by atoms with Crippen LogP contribution in [-0.4, -0.2) is 24.5 Å². The van der Waals surface area contributed by atoms with Gasteiger partial charge in [-0.15, -0.1) is 0 Å². The maximum absolute atomic E-state index is 13.5. The normalized spacial score (nSPS) is 23.2. The quantitative estimate of drug-likeness (QED) is 0.808. The fourth-order valence-corrected chi connectivity index (χ4v) is 2.19. The second kappa shape index (κ2) is 5.61. The molecule has 3 nitrogen and oxygen atoms in total. The van der Waals surface area contributed by atoms with Crippen molar-refractivity contribution in [3.05, 3.63) is 35.1 Å². The van der Waals surface area contributed by atoms with Gasteiger partial charge in [0.25, 0.3) is 5.91 Å². The Morgan fingerprint density at radius 3 is 2.74 bits per heavy atom. The first-order valence-corrected chi connectivity index (χ1v) is 6.18. The zero-order valence-electron chi connectivity index (χ0n) is 10.5. The Balaban J connectivity index is 2.14. The van der Waals surface area contributed by atoms with Crippen LogP contribution in [0.2, 0.25) is 0 Å². The molecular weight excluding hydrogens is 257 g/mol. The van der Waals surface area contributed by atoms with Crippen molar-refractivity contribution in [1.29, 1.82) is 0 Å². The average molecular weight is 272 g/mol. The zero-order valence-corrected chi connectivity index (χ0v) is 10.5. The Morgan fingerprint density at radius 1 is 1.32 bits per heavy atom. The summed E-state index contributed by atoms with van der Waals surface area (Å²) in [6, 6.07) is 1.61. The smallest absolute Gasteiger partial charge is 0.254 e. The number of rotatable bonds is 2. The molecule has 1 fully saturated rings. The molecule has 1 heterocycles. The summed E-state index contributed by atoms with van der Waals surface area (Å²) in [5.74, 6) is -5.10. The number of carbonyl (C=O) groups excluding carboxylic acids is 1. The summed E-state index contributed by atoms with van der Waals surface area (Å²) >= 11 is 0. The highest BCUT2D eigenvalue weighted by molar-refractivity contribution is 5.94. The molecule has 1 aromatic carbocycles. The summed E-state index contributed by atoms with van der Waals surface area (Å²) < 4.78 is 39.3. The van der Waals surface area contributed by atoms with Crippen molar-refractivity contribution in [2.45, 2.75) is 31.8 Å². The molecule has 1 amide bonds. The monoisotopic (exact) mass is 272 g/mol. The van der Waals surface area contributed by atoms with Crippen LogP contribution in [0.1, 0.15) is 30.1 Å². The maximum atomic E-state index is 13.5. The van der Waals surface area contributed by atoms with Crippen molar-refractivity contribution in [3.63, 3.8) is 0 Å². The van der Waals surface area contributed by atoms with Crippen molar-refractivity contribution < 1.29 is 18.0 Å². The number of amides is 1. The topological polar surface area (TPSA) is 41.1 Å². The van der Waals surface area contributed by atoms with Crippen molar-refractivity contribution in [1.82, 2.24) is 10.6 Å². The fraction of sp³-hybridized carbons (Fsp3) is 0.462. The van der Waals surface area contributed by atoms with Gasteiger partial charge in [0.2, 0.25) is 0 Å². The minimum Gasteiger partial charge on any atom is -0.348 e. The number of hydrogen-bond donors (Lipinski definition) is 2. The van der Waals surface area contributed by atoms with E-state index in [2.05, 4.69) is 10.6 Å². The van der Waals surface area contributed by atoms with Crippen LogP contribution in [0.5, 0.6) is 0 Å². The van der Waals surface area contributed by atoms with Gasteiger partial charge in [-0.1, -0.05) is 0 Å². The predicted molar refractivity (Wildman–Crippen MR) is 64.3 cm³/mol. The van der Waals surface area contributed by atoms with E-state index in [1.54, 1.807) is 0 Å². The molecule has 0 bridgehead atoms. The Labute approximate surface area is 109 Å². The predicted octanol–water partition coefficient (Wildman–Crippen LogP) is 1.97. The third-order valence-electron chi connectivity index (χ3n) is 3.36. The van der Waals surface area contributed by atoms with Crippen molar-refractivity contribution in [2.24, 2.45) is 0 Å². The second-order valence-corrected chi connectivity index (χ2v) is 4.69. The average Bonchev–Trinajstić information content (AvgIpc) is 2.39. The Bertz CT molecular complexity index is 493. The van der Waals surface area contributed by atoms with E-state index in [1.165, 1.54) is 0 Å².